The van der Waals surface area contributed by atoms with Crippen LogP contribution in [-0.2, 0) is 22.6 Å². The molecule has 194 valence electrons. The van der Waals surface area contributed by atoms with Crippen LogP contribution in [0.5, 0.6) is 0 Å². The van der Waals surface area contributed by atoms with E-state index in [9.17, 15) is 14.7 Å². The van der Waals surface area contributed by atoms with Crippen molar-refractivity contribution in [1.82, 2.24) is 4.90 Å². The molecule has 1 heterocycles. The number of fused-ring (bicyclic) bond motifs is 1. The summed E-state index contributed by atoms with van der Waals surface area (Å²) in [5, 5.41) is 11.9. The van der Waals surface area contributed by atoms with Crippen LogP contribution in [0.2, 0.25) is 0 Å². The number of ether oxygens (including phenoxy) is 1. The van der Waals surface area contributed by atoms with E-state index in [0.29, 0.717) is 32.5 Å². The minimum Gasteiger partial charge on any atom is -0.465 e. The highest BCUT2D eigenvalue weighted by molar-refractivity contribution is 5.87. The first-order valence-electron chi connectivity index (χ1n) is 13.0. The molecule has 0 saturated carbocycles. The zero-order chi connectivity index (χ0) is 26.5. The first kappa shape index (κ1) is 25.6. The highest BCUT2D eigenvalue weighted by Crippen LogP contribution is 2.32. The molecule has 3 unspecified atom stereocenters. The van der Waals surface area contributed by atoms with Crippen LogP contribution in [0, 0.1) is 0 Å². The summed E-state index contributed by atoms with van der Waals surface area (Å²) in [6, 6.07) is 31.2. The summed E-state index contributed by atoms with van der Waals surface area (Å²) in [5.74, 6) is 0.00617. The summed E-state index contributed by atoms with van der Waals surface area (Å²) in [4.78, 5) is 25.9. The van der Waals surface area contributed by atoms with Crippen molar-refractivity contribution in [3.05, 3.63) is 119 Å². The highest BCUT2D eigenvalue weighted by Gasteiger charge is 2.33. The van der Waals surface area contributed by atoms with Gasteiger partial charge in [0.05, 0.1) is 25.3 Å². The molecule has 6 nitrogen and oxygen atoms in total. The summed E-state index contributed by atoms with van der Waals surface area (Å²) in [5.41, 5.74) is 10.1. The smallest absolute Gasteiger partial charge is 0.407 e. The number of carbonyl (C=O) groups excluding carboxylic acids is 1. The van der Waals surface area contributed by atoms with E-state index in [4.69, 9.17) is 10.5 Å². The number of benzene rings is 4. The third kappa shape index (κ3) is 5.93. The van der Waals surface area contributed by atoms with Gasteiger partial charge in [-0.2, -0.15) is 0 Å². The standard InChI is InChI=1S/C32H32N2O4/c33-31(29(35)19-22-6-2-1-3-7-22)26-14-12-25(13-15-26)28-16-17-34(32(36)37)20-30(28)38-21-23-10-11-24-8-4-5-9-27(24)18-23/h1-15,18,28,30-31H,16-17,19-21,33H2,(H,36,37). The molecule has 3 N–H and O–H groups in total. The lowest BCUT2D eigenvalue weighted by Gasteiger charge is -2.37. The van der Waals surface area contributed by atoms with Crippen LogP contribution in [0.4, 0.5) is 4.79 Å². The van der Waals surface area contributed by atoms with Gasteiger partial charge in [-0.25, -0.2) is 4.79 Å². The van der Waals surface area contributed by atoms with Crippen LogP contribution in [-0.4, -0.2) is 41.1 Å². The van der Waals surface area contributed by atoms with E-state index in [1.165, 1.54) is 10.3 Å². The Morgan fingerprint density at radius 3 is 2.34 bits per heavy atom. The lowest BCUT2D eigenvalue weighted by molar-refractivity contribution is -0.119. The zero-order valence-corrected chi connectivity index (χ0v) is 21.2. The Bertz CT molecular complexity index is 1400. The van der Waals surface area contributed by atoms with Crippen molar-refractivity contribution in [1.29, 1.82) is 0 Å². The van der Waals surface area contributed by atoms with Crippen molar-refractivity contribution in [3.8, 4) is 0 Å². The van der Waals surface area contributed by atoms with E-state index < -0.39 is 12.1 Å². The minimum atomic E-state index is -0.930. The predicted molar refractivity (Wildman–Crippen MR) is 148 cm³/mol. The van der Waals surface area contributed by atoms with Gasteiger partial charge in [-0.3, -0.25) is 4.79 Å². The summed E-state index contributed by atoms with van der Waals surface area (Å²) in [6.45, 7) is 1.16. The van der Waals surface area contributed by atoms with Crippen molar-refractivity contribution in [2.75, 3.05) is 13.1 Å². The number of nitrogens with zero attached hydrogens (tertiary/aromatic N) is 1. The van der Waals surface area contributed by atoms with Crippen LogP contribution in [0.15, 0.2) is 97.1 Å². The Balaban J connectivity index is 1.29. The van der Waals surface area contributed by atoms with Crippen LogP contribution in [0.25, 0.3) is 10.8 Å². The Morgan fingerprint density at radius 2 is 1.61 bits per heavy atom. The monoisotopic (exact) mass is 508 g/mol. The fourth-order valence-corrected chi connectivity index (χ4v) is 5.22. The van der Waals surface area contributed by atoms with E-state index in [2.05, 4.69) is 30.3 Å². The normalized spacial score (nSPS) is 18.3. The van der Waals surface area contributed by atoms with E-state index in [1.807, 2.05) is 66.7 Å². The molecule has 1 saturated heterocycles. The van der Waals surface area contributed by atoms with Gasteiger partial charge in [-0.15, -0.1) is 0 Å². The Morgan fingerprint density at radius 1 is 0.895 bits per heavy atom. The maximum absolute atomic E-state index is 12.7. The second kappa shape index (κ2) is 11.6. The molecule has 0 aliphatic carbocycles. The number of carboxylic acid groups (broad SMARTS) is 1. The number of piperidine rings is 1. The number of nitrogens with two attached hydrogens (primary N) is 1. The van der Waals surface area contributed by atoms with Gasteiger partial charge in [0.25, 0.3) is 0 Å². The quantitative estimate of drug-likeness (QED) is 0.318. The molecule has 0 aromatic heterocycles. The van der Waals surface area contributed by atoms with E-state index >= 15 is 0 Å². The fourth-order valence-electron chi connectivity index (χ4n) is 5.22. The number of ketones is 1. The molecular weight excluding hydrogens is 476 g/mol. The average molecular weight is 509 g/mol. The molecule has 4 aromatic rings. The SMILES string of the molecule is NC(C(=O)Cc1ccccc1)c1ccc(C2CCN(C(=O)O)CC2OCc2ccc3ccccc3c2)cc1. The van der Waals surface area contributed by atoms with Gasteiger partial charge in [-0.05, 0) is 45.5 Å². The van der Waals surface area contributed by atoms with Crippen molar-refractivity contribution < 1.29 is 19.4 Å². The van der Waals surface area contributed by atoms with E-state index in [0.717, 1.165) is 27.6 Å². The third-order valence-electron chi connectivity index (χ3n) is 7.40. The molecule has 6 heteroatoms. The van der Waals surface area contributed by atoms with Gasteiger partial charge in [0, 0.05) is 18.9 Å². The number of carbonyl (C=O) groups is 2. The molecule has 5 rings (SSSR count). The van der Waals surface area contributed by atoms with Crippen molar-refractivity contribution in [2.24, 2.45) is 5.73 Å². The molecule has 1 fully saturated rings. The van der Waals surface area contributed by atoms with Gasteiger partial charge in [0.2, 0.25) is 0 Å². The zero-order valence-electron chi connectivity index (χ0n) is 21.2. The topological polar surface area (TPSA) is 92.9 Å². The maximum atomic E-state index is 12.7. The van der Waals surface area contributed by atoms with Gasteiger partial charge in [0.15, 0.2) is 5.78 Å². The van der Waals surface area contributed by atoms with Gasteiger partial charge in [-0.1, -0.05) is 91.0 Å². The van der Waals surface area contributed by atoms with E-state index in [-0.39, 0.29) is 17.8 Å². The largest absolute Gasteiger partial charge is 0.465 e. The molecule has 38 heavy (non-hydrogen) atoms. The number of rotatable bonds is 8. The molecule has 1 amide bonds. The molecule has 4 aromatic carbocycles. The number of Topliss-reactive ketones (excluding diaryl/α,β-unsaturated/α-hetero) is 1. The molecular formula is C32H32N2O4. The first-order valence-corrected chi connectivity index (χ1v) is 13.0. The molecule has 1 aliphatic heterocycles. The van der Waals surface area contributed by atoms with Crippen molar-refractivity contribution in [2.45, 2.75) is 37.5 Å². The van der Waals surface area contributed by atoms with E-state index in [1.54, 1.807) is 0 Å². The second-order valence-corrected chi connectivity index (χ2v) is 9.93. The highest BCUT2D eigenvalue weighted by atomic mass is 16.5. The number of likely N-dealkylation sites (tertiary alicyclic amines) is 1. The van der Waals surface area contributed by atoms with Crippen molar-refractivity contribution >= 4 is 22.6 Å². The van der Waals surface area contributed by atoms with Crippen LogP contribution in [0.3, 0.4) is 0 Å². The molecule has 1 aliphatic rings. The Kier molecular flexibility index (Phi) is 7.82. The lowest BCUT2D eigenvalue weighted by atomic mass is 9.86. The van der Waals surface area contributed by atoms with Crippen LogP contribution < -0.4 is 5.73 Å². The van der Waals surface area contributed by atoms with Crippen LogP contribution in [0.1, 0.15) is 40.6 Å². The molecule has 0 radical (unpaired) electrons. The summed E-state index contributed by atoms with van der Waals surface area (Å²) in [7, 11) is 0. The van der Waals surface area contributed by atoms with Gasteiger partial charge >= 0.3 is 6.09 Å². The average Bonchev–Trinajstić information content (AvgIpc) is 2.96. The summed E-state index contributed by atoms with van der Waals surface area (Å²) < 4.78 is 6.36. The second-order valence-electron chi connectivity index (χ2n) is 9.93. The summed E-state index contributed by atoms with van der Waals surface area (Å²) >= 11 is 0. The Labute approximate surface area is 222 Å². The molecule has 3 atom stereocenters. The minimum absolute atomic E-state index is 0.0321. The van der Waals surface area contributed by atoms with Crippen LogP contribution >= 0.6 is 0 Å². The molecule has 0 spiro atoms. The lowest BCUT2D eigenvalue weighted by Crippen LogP contribution is -2.46. The first-order chi connectivity index (χ1) is 18.5. The summed E-state index contributed by atoms with van der Waals surface area (Å²) in [6.07, 6.45) is -0.263. The van der Waals surface area contributed by atoms with Gasteiger partial charge < -0.3 is 20.5 Å². The number of hydrogen-bond donors (Lipinski definition) is 2. The number of amides is 1. The van der Waals surface area contributed by atoms with Gasteiger partial charge in [0.1, 0.15) is 0 Å². The Hall–Kier alpha value is -4.00. The fraction of sp³-hybridized carbons (Fsp3) is 0.250. The predicted octanol–water partition coefficient (Wildman–Crippen LogP) is 5.70. The maximum Gasteiger partial charge on any atom is 0.407 e. The molecule has 0 bridgehead atoms. The van der Waals surface area contributed by atoms with Crippen molar-refractivity contribution in [3.63, 3.8) is 0 Å². The third-order valence-corrected chi connectivity index (χ3v) is 7.40. The number of hydrogen-bond acceptors (Lipinski definition) is 4.